The van der Waals surface area contributed by atoms with Crippen molar-refractivity contribution < 1.29 is 14.3 Å². The van der Waals surface area contributed by atoms with Crippen LogP contribution in [0.4, 0.5) is 0 Å². The van der Waals surface area contributed by atoms with E-state index in [2.05, 4.69) is 0 Å². The molecule has 0 saturated heterocycles. The Morgan fingerprint density at radius 2 is 1.77 bits per heavy atom. The van der Waals surface area contributed by atoms with Crippen molar-refractivity contribution in [3.8, 4) is 11.5 Å². The Kier molecular flexibility index (Phi) is 7.55. The minimum atomic E-state index is 0.0321. The first-order valence-corrected chi connectivity index (χ1v) is 9.60. The van der Waals surface area contributed by atoms with Gasteiger partial charge in [-0.2, -0.15) is 0 Å². The average molecular weight is 360 g/mol. The number of carbonyl (C=O) groups excluding carboxylic acids is 1. The summed E-state index contributed by atoms with van der Waals surface area (Å²) in [6, 6.07) is 3.68. The first-order valence-electron chi connectivity index (χ1n) is 9.60. The summed E-state index contributed by atoms with van der Waals surface area (Å²) in [5, 5.41) is 0. The number of nitrogens with zero attached hydrogens (tertiary/aromatic N) is 1. The molecule has 0 spiro atoms. The Bertz CT molecular complexity index is 643. The van der Waals surface area contributed by atoms with E-state index >= 15 is 0 Å². The van der Waals surface area contributed by atoms with E-state index in [0.717, 1.165) is 29.9 Å². The molecule has 1 aliphatic rings. The molecule has 1 aromatic rings. The van der Waals surface area contributed by atoms with E-state index in [1.165, 1.54) is 32.1 Å². The maximum atomic E-state index is 13.3. The van der Waals surface area contributed by atoms with Crippen LogP contribution in [0, 0.1) is 12.8 Å². The quantitative estimate of drug-likeness (QED) is 0.483. The highest BCUT2D eigenvalue weighted by Gasteiger charge is 2.21. The number of ketones is 1. The number of allylic oxidation sites excluding steroid dienone is 1. The zero-order valence-corrected chi connectivity index (χ0v) is 16.9. The predicted molar refractivity (Wildman–Crippen MR) is 106 cm³/mol. The lowest BCUT2D eigenvalue weighted by molar-refractivity contribution is 0.102. The van der Waals surface area contributed by atoms with Crippen LogP contribution in [-0.4, -0.2) is 39.0 Å². The minimum absolute atomic E-state index is 0.0321. The Hall–Kier alpha value is -1.97. The summed E-state index contributed by atoms with van der Waals surface area (Å²) < 4.78 is 10.9. The van der Waals surface area contributed by atoms with Gasteiger partial charge in [0, 0.05) is 25.9 Å². The third-order valence-electron chi connectivity index (χ3n) is 5.21. The topological polar surface area (TPSA) is 38.8 Å². The predicted octanol–water partition coefficient (Wildman–Crippen LogP) is 5.00. The van der Waals surface area contributed by atoms with Crippen molar-refractivity contribution in [1.82, 2.24) is 4.90 Å². The van der Waals surface area contributed by atoms with Crippen LogP contribution in [0.2, 0.25) is 0 Å². The van der Waals surface area contributed by atoms with Crippen molar-refractivity contribution in [2.45, 2.75) is 51.9 Å². The summed E-state index contributed by atoms with van der Waals surface area (Å²) in [5.74, 6) is 2.10. The number of ether oxygens (including phenoxy) is 2. The summed E-state index contributed by atoms with van der Waals surface area (Å²) in [5.41, 5.74) is 2.37. The van der Waals surface area contributed by atoms with E-state index in [0.29, 0.717) is 17.1 Å². The minimum Gasteiger partial charge on any atom is -0.496 e. The van der Waals surface area contributed by atoms with Crippen LogP contribution in [0.1, 0.15) is 60.9 Å². The van der Waals surface area contributed by atoms with E-state index < -0.39 is 0 Å². The number of methoxy groups -OCH3 is 2. The van der Waals surface area contributed by atoms with Crippen LogP contribution in [0.25, 0.3) is 0 Å². The van der Waals surface area contributed by atoms with Gasteiger partial charge in [-0.1, -0.05) is 32.1 Å². The molecule has 0 N–H and O–H groups in total. The first-order chi connectivity index (χ1) is 12.5. The van der Waals surface area contributed by atoms with Gasteiger partial charge in [-0.05, 0) is 43.4 Å². The van der Waals surface area contributed by atoms with Gasteiger partial charge in [0.2, 0.25) is 0 Å². The average Bonchev–Trinajstić information content (AvgIpc) is 2.64. The van der Waals surface area contributed by atoms with Gasteiger partial charge in [-0.15, -0.1) is 0 Å². The number of aryl methyl sites for hydroxylation is 1. The zero-order valence-electron chi connectivity index (χ0n) is 16.9. The highest BCUT2D eigenvalue weighted by molar-refractivity contribution is 6.10. The fraction of sp³-hybridized carbons (Fsp3) is 0.591. The summed E-state index contributed by atoms with van der Waals surface area (Å²) in [6.45, 7) is 1.95. The third kappa shape index (κ3) is 5.26. The second-order valence-corrected chi connectivity index (χ2v) is 7.51. The zero-order chi connectivity index (χ0) is 19.1. The van der Waals surface area contributed by atoms with Gasteiger partial charge in [0.1, 0.15) is 11.5 Å². The molecule has 0 unspecified atom stereocenters. The number of hydrogen-bond donors (Lipinski definition) is 0. The molecule has 0 aromatic heterocycles. The van der Waals surface area contributed by atoms with Crippen LogP contribution in [0.3, 0.4) is 0 Å². The van der Waals surface area contributed by atoms with E-state index in [4.69, 9.17) is 9.47 Å². The molecule has 2 rings (SSSR count). The SMILES string of the molecule is COc1cc(C(=O)/C(=C/N(C)C)CCC2CCCCC2)c(OC)cc1C. The maximum absolute atomic E-state index is 13.3. The van der Waals surface area contributed by atoms with Crippen LogP contribution >= 0.6 is 0 Å². The number of hydrogen-bond acceptors (Lipinski definition) is 4. The molecule has 144 valence electrons. The third-order valence-corrected chi connectivity index (χ3v) is 5.21. The number of benzene rings is 1. The summed E-state index contributed by atoms with van der Waals surface area (Å²) in [4.78, 5) is 15.2. The van der Waals surface area contributed by atoms with Gasteiger partial charge >= 0.3 is 0 Å². The molecule has 4 heteroatoms. The van der Waals surface area contributed by atoms with Crippen molar-refractivity contribution in [2.75, 3.05) is 28.3 Å². The number of carbonyl (C=O) groups is 1. The molecule has 0 bridgehead atoms. The van der Waals surface area contributed by atoms with E-state index in [1.54, 1.807) is 20.3 Å². The van der Waals surface area contributed by atoms with Gasteiger partial charge in [0.05, 0.1) is 19.8 Å². The Labute approximate surface area is 158 Å². The van der Waals surface area contributed by atoms with Crippen LogP contribution in [0.15, 0.2) is 23.9 Å². The second-order valence-electron chi connectivity index (χ2n) is 7.51. The van der Waals surface area contributed by atoms with Gasteiger partial charge < -0.3 is 14.4 Å². The Morgan fingerprint density at radius 3 is 2.35 bits per heavy atom. The summed E-state index contributed by atoms with van der Waals surface area (Å²) in [7, 11) is 7.15. The van der Waals surface area contributed by atoms with Gasteiger partial charge in [0.15, 0.2) is 5.78 Å². The van der Waals surface area contributed by atoms with Crippen molar-refractivity contribution >= 4 is 5.78 Å². The lowest BCUT2D eigenvalue weighted by atomic mass is 9.84. The lowest BCUT2D eigenvalue weighted by Gasteiger charge is -2.22. The van der Waals surface area contributed by atoms with Crippen molar-refractivity contribution in [3.05, 3.63) is 35.0 Å². The maximum Gasteiger partial charge on any atom is 0.194 e. The molecule has 1 fully saturated rings. The number of Topliss-reactive ketones (excluding diaryl/α,β-unsaturated/α-hetero) is 1. The van der Waals surface area contributed by atoms with Crippen molar-refractivity contribution in [2.24, 2.45) is 5.92 Å². The molecule has 1 aliphatic carbocycles. The van der Waals surface area contributed by atoms with E-state index in [-0.39, 0.29) is 5.78 Å². The molecule has 0 atom stereocenters. The standard InChI is InChI=1S/C22H33NO3/c1-16-13-21(26-5)19(14-20(16)25-4)22(24)18(15-23(2)3)12-11-17-9-7-6-8-10-17/h13-15,17H,6-12H2,1-5H3/b18-15+. The van der Waals surface area contributed by atoms with Crippen molar-refractivity contribution in [1.29, 1.82) is 0 Å². The highest BCUT2D eigenvalue weighted by Crippen LogP contribution is 2.33. The molecular weight excluding hydrogens is 326 g/mol. The molecule has 0 heterocycles. The van der Waals surface area contributed by atoms with Crippen LogP contribution < -0.4 is 9.47 Å². The molecular formula is C22H33NO3. The van der Waals surface area contributed by atoms with Crippen LogP contribution in [0.5, 0.6) is 11.5 Å². The summed E-state index contributed by atoms with van der Waals surface area (Å²) in [6.07, 6.45) is 10.4. The van der Waals surface area contributed by atoms with Gasteiger partial charge in [-0.25, -0.2) is 0 Å². The molecule has 0 radical (unpaired) electrons. The fourth-order valence-electron chi connectivity index (χ4n) is 3.78. The van der Waals surface area contributed by atoms with Gasteiger partial charge in [0.25, 0.3) is 0 Å². The lowest BCUT2D eigenvalue weighted by Crippen LogP contribution is -2.14. The monoisotopic (exact) mass is 359 g/mol. The molecule has 0 aliphatic heterocycles. The number of rotatable bonds is 8. The first kappa shape index (κ1) is 20.3. The van der Waals surface area contributed by atoms with E-state index in [9.17, 15) is 4.79 Å². The van der Waals surface area contributed by atoms with Crippen LogP contribution in [-0.2, 0) is 0 Å². The van der Waals surface area contributed by atoms with Crippen molar-refractivity contribution in [3.63, 3.8) is 0 Å². The summed E-state index contributed by atoms with van der Waals surface area (Å²) >= 11 is 0. The van der Waals surface area contributed by atoms with E-state index in [1.807, 2.05) is 38.2 Å². The normalized spacial score (nSPS) is 15.7. The smallest absolute Gasteiger partial charge is 0.194 e. The van der Waals surface area contributed by atoms with Gasteiger partial charge in [-0.3, -0.25) is 4.79 Å². The molecule has 1 saturated carbocycles. The highest BCUT2D eigenvalue weighted by atomic mass is 16.5. The second kappa shape index (κ2) is 9.65. The Balaban J connectivity index is 2.25. The Morgan fingerprint density at radius 1 is 1.12 bits per heavy atom. The molecule has 4 nitrogen and oxygen atoms in total. The molecule has 26 heavy (non-hydrogen) atoms. The largest absolute Gasteiger partial charge is 0.496 e. The fourth-order valence-corrected chi connectivity index (χ4v) is 3.78. The molecule has 1 aromatic carbocycles. The molecule has 0 amide bonds.